The highest BCUT2D eigenvalue weighted by molar-refractivity contribution is 5.96. The molecule has 1 heterocycles. The van der Waals surface area contributed by atoms with E-state index < -0.39 is 0 Å². The highest BCUT2D eigenvalue weighted by Crippen LogP contribution is 2.26. The number of carbonyl (C=O) groups excluding carboxylic acids is 2. The van der Waals surface area contributed by atoms with Crippen molar-refractivity contribution in [3.05, 3.63) is 54.1 Å². The van der Waals surface area contributed by atoms with Gasteiger partial charge in [0, 0.05) is 30.0 Å². The average molecular weight is 351 g/mol. The van der Waals surface area contributed by atoms with Crippen LogP contribution in [0.2, 0.25) is 0 Å². The molecule has 1 aliphatic heterocycles. The van der Waals surface area contributed by atoms with E-state index in [9.17, 15) is 9.59 Å². The third-order valence-corrected chi connectivity index (χ3v) is 4.45. The Morgan fingerprint density at radius 1 is 1.00 bits per heavy atom. The lowest BCUT2D eigenvalue weighted by molar-refractivity contribution is -0.116. The van der Waals surface area contributed by atoms with Gasteiger partial charge in [0.1, 0.15) is 0 Å². The molecule has 3 rings (SSSR count). The summed E-state index contributed by atoms with van der Waals surface area (Å²) in [5.41, 5.74) is 3.83. The Kier molecular flexibility index (Phi) is 5.89. The number of hydrogen-bond donors (Lipinski definition) is 2. The molecule has 1 aliphatic rings. The molecule has 0 saturated heterocycles. The summed E-state index contributed by atoms with van der Waals surface area (Å²) in [6, 6.07) is 15.5. The molecule has 26 heavy (non-hydrogen) atoms. The van der Waals surface area contributed by atoms with Gasteiger partial charge in [0.05, 0.1) is 6.54 Å². The van der Waals surface area contributed by atoms with Crippen LogP contribution in [0.15, 0.2) is 48.5 Å². The number of rotatable bonds is 6. The second-order valence-electron chi connectivity index (χ2n) is 6.58. The zero-order valence-corrected chi connectivity index (χ0v) is 15.1. The third-order valence-electron chi connectivity index (χ3n) is 4.45. The number of carbonyl (C=O) groups is 2. The first-order valence-corrected chi connectivity index (χ1v) is 9.18. The van der Waals surface area contributed by atoms with Gasteiger partial charge >= 0.3 is 0 Å². The summed E-state index contributed by atoms with van der Waals surface area (Å²) in [6.45, 7) is 3.18. The normalized spacial score (nSPS) is 13.0. The zero-order chi connectivity index (χ0) is 18.4. The zero-order valence-electron chi connectivity index (χ0n) is 15.1. The molecule has 2 aromatic carbocycles. The van der Waals surface area contributed by atoms with Crippen LogP contribution >= 0.6 is 0 Å². The van der Waals surface area contributed by atoms with Gasteiger partial charge in [-0.25, -0.2) is 0 Å². The maximum absolute atomic E-state index is 12.5. The lowest BCUT2D eigenvalue weighted by Gasteiger charge is -2.30. The molecular weight excluding hydrogens is 326 g/mol. The lowest BCUT2D eigenvalue weighted by Crippen LogP contribution is -2.36. The van der Waals surface area contributed by atoms with Crippen molar-refractivity contribution in [3.63, 3.8) is 0 Å². The van der Waals surface area contributed by atoms with Gasteiger partial charge in [0.2, 0.25) is 11.8 Å². The highest BCUT2D eigenvalue weighted by atomic mass is 16.2. The molecule has 0 saturated carbocycles. The van der Waals surface area contributed by atoms with E-state index in [1.165, 1.54) is 5.56 Å². The molecular formula is C21H25N3O2. The van der Waals surface area contributed by atoms with Crippen LogP contribution in [0.25, 0.3) is 0 Å². The number of anilines is 3. The molecule has 2 aromatic rings. The van der Waals surface area contributed by atoms with E-state index >= 15 is 0 Å². The molecule has 2 N–H and O–H groups in total. The van der Waals surface area contributed by atoms with Crippen LogP contribution in [0.4, 0.5) is 17.1 Å². The maximum Gasteiger partial charge on any atom is 0.243 e. The van der Waals surface area contributed by atoms with Crippen LogP contribution in [-0.4, -0.2) is 24.9 Å². The predicted octanol–water partition coefficient (Wildman–Crippen LogP) is 3.82. The molecule has 0 unspecified atom stereocenters. The van der Waals surface area contributed by atoms with Crippen LogP contribution < -0.4 is 15.5 Å². The van der Waals surface area contributed by atoms with Crippen molar-refractivity contribution in [1.82, 2.24) is 0 Å². The molecule has 0 fully saturated rings. The summed E-state index contributed by atoms with van der Waals surface area (Å²) in [6.07, 6.45) is 3.42. The van der Waals surface area contributed by atoms with E-state index in [1.807, 2.05) is 37.3 Å². The summed E-state index contributed by atoms with van der Waals surface area (Å²) in [7, 11) is 0. The average Bonchev–Trinajstić information content (AvgIpc) is 2.62. The Balaban J connectivity index is 1.61. The van der Waals surface area contributed by atoms with Gasteiger partial charge in [0.15, 0.2) is 0 Å². The number of aryl methyl sites for hydroxylation is 1. The van der Waals surface area contributed by atoms with E-state index in [-0.39, 0.29) is 11.8 Å². The quantitative estimate of drug-likeness (QED) is 0.832. The summed E-state index contributed by atoms with van der Waals surface area (Å²) in [5, 5.41) is 5.78. The highest BCUT2D eigenvalue weighted by Gasteiger charge is 2.18. The van der Waals surface area contributed by atoms with Crippen molar-refractivity contribution >= 4 is 28.9 Å². The van der Waals surface area contributed by atoms with Gasteiger partial charge in [-0.05, 0) is 49.1 Å². The molecule has 0 spiro atoms. The Morgan fingerprint density at radius 3 is 2.50 bits per heavy atom. The minimum atomic E-state index is -0.0567. The largest absolute Gasteiger partial charge is 0.362 e. The van der Waals surface area contributed by atoms with Gasteiger partial charge in [-0.3, -0.25) is 9.59 Å². The molecule has 5 nitrogen and oxygen atoms in total. The molecule has 0 bridgehead atoms. The SMILES string of the molecule is CCCC(=O)Nc1cccc(NC(=O)CN2CCCc3ccccc32)c1. The number of benzene rings is 2. The fourth-order valence-electron chi connectivity index (χ4n) is 3.27. The Morgan fingerprint density at radius 2 is 1.73 bits per heavy atom. The van der Waals surface area contributed by atoms with Gasteiger partial charge in [-0.15, -0.1) is 0 Å². The van der Waals surface area contributed by atoms with Crippen molar-refractivity contribution in [2.75, 3.05) is 28.6 Å². The number of nitrogens with zero attached hydrogens (tertiary/aromatic N) is 1. The number of amides is 2. The first-order valence-electron chi connectivity index (χ1n) is 9.18. The summed E-state index contributed by atoms with van der Waals surface area (Å²) >= 11 is 0. The second kappa shape index (κ2) is 8.52. The lowest BCUT2D eigenvalue weighted by atomic mass is 10.0. The Hall–Kier alpha value is -2.82. The summed E-state index contributed by atoms with van der Waals surface area (Å²) in [4.78, 5) is 26.3. The molecule has 2 amide bonds. The smallest absolute Gasteiger partial charge is 0.243 e. The van der Waals surface area contributed by atoms with E-state index in [2.05, 4.69) is 27.7 Å². The van der Waals surface area contributed by atoms with Crippen LogP contribution in [0.5, 0.6) is 0 Å². The standard InChI is InChI=1S/C21H25N3O2/c1-2-7-20(25)22-17-10-5-11-18(14-17)23-21(26)15-24-13-6-9-16-8-3-4-12-19(16)24/h3-5,8,10-12,14H,2,6-7,9,13,15H2,1H3,(H,22,25)(H,23,26). The fourth-order valence-corrected chi connectivity index (χ4v) is 3.27. The fraction of sp³-hybridized carbons (Fsp3) is 0.333. The summed E-state index contributed by atoms with van der Waals surface area (Å²) in [5.74, 6) is -0.0698. The molecule has 0 aliphatic carbocycles. The van der Waals surface area contributed by atoms with Crippen LogP contribution in [0.1, 0.15) is 31.7 Å². The van der Waals surface area contributed by atoms with Crippen molar-refractivity contribution in [2.45, 2.75) is 32.6 Å². The molecule has 0 aromatic heterocycles. The molecule has 0 radical (unpaired) electrons. The first kappa shape index (κ1) is 18.0. The van der Waals surface area contributed by atoms with Crippen molar-refractivity contribution in [2.24, 2.45) is 0 Å². The van der Waals surface area contributed by atoms with Crippen molar-refractivity contribution in [3.8, 4) is 0 Å². The first-order chi connectivity index (χ1) is 12.7. The maximum atomic E-state index is 12.5. The molecule has 0 atom stereocenters. The number of fused-ring (bicyclic) bond motifs is 1. The van der Waals surface area contributed by atoms with Crippen molar-refractivity contribution < 1.29 is 9.59 Å². The second-order valence-corrected chi connectivity index (χ2v) is 6.58. The van der Waals surface area contributed by atoms with Gasteiger partial charge < -0.3 is 15.5 Å². The Bertz CT molecular complexity index is 788. The van der Waals surface area contributed by atoms with E-state index in [4.69, 9.17) is 0 Å². The monoisotopic (exact) mass is 351 g/mol. The minimum Gasteiger partial charge on any atom is -0.362 e. The Labute approximate surface area is 154 Å². The van der Waals surface area contributed by atoms with E-state index in [0.29, 0.717) is 24.3 Å². The van der Waals surface area contributed by atoms with E-state index in [0.717, 1.165) is 31.5 Å². The topological polar surface area (TPSA) is 61.4 Å². The van der Waals surface area contributed by atoms with Gasteiger partial charge in [-0.2, -0.15) is 0 Å². The van der Waals surface area contributed by atoms with Gasteiger partial charge in [-0.1, -0.05) is 31.2 Å². The van der Waals surface area contributed by atoms with Crippen LogP contribution in [0.3, 0.4) is 0 Å². The number of hydrogen-bond acceptors (Lipinski definition) is 3. The molecule has 136 valence electrons. The third kappa shape index (κ3) is 4.63. The van der Waals surface area contributed by atoms with Crippen LogP contribution in [-0.2, 0) is 16.0 Å². The molecule has 5 heteroatoms. The number of para-hydroxylation sites is 1. The van der Waals surface area contributed by atoms with Crippen molar-refractivity contribution in [1.29, 1.82) is 0 Å². The van der Waals surface area contributed by atoms with Crippen LogP contribution in [0, 0.1) is 0 Å². The predicted molar refractivity (Wildman–Crippen MR) is 106 cm³/mol. The number of nitrogens with one attached hydrogen (secondary N) is 2. The van der Waals surface area contributed by atoms with E-state index in [1.54, 1.807) is 6.07 Å². The summed E-state index contributed by atoms with van der Waals surface area (Å²) < 4.78 is 0. The minimum absolute atomic E-state index is 0.0131. The van der Waals surface area contributed by atoms with Gasteiger partial charge in [0.25, 0.3) is 0 Å².